The largest absolute Gasteiger partial charge is 0.403 e. The van der Waals surface area contributed by atoms with Crippen molar-refractivity contribution in [3.8, 4) is 11.5 Å². The molecular weight excluding hydrogens is 334 g/mol. The molecule has 3 aromatic rings. The first kappa shape index (κ1) is 17.2. The van der Waals surface area contributed by atoms with Crippen molar-refractivity contribution in [2.75, 3.05) is 11.1 Å². The Kier molecular flexibility index (Phi) is 5.19. The van der Waals surface area contributed by atoms with E-state index in [1.165, 1.54) is 5.56 Å². The molecule has 5 nitrogen and oxygen atoms in total. The average molecular weight is 353 g/mol. The maximum atomic E-state index is 12.4. The predicted molar refractivity (Wildman–Crippen MR) is 100 cm³/mol. The van der Waals surface area contributed by atoms with Crippen molar-refractivity contribution in [3.63, 3.8) is 0 Å². The smallest absolute Gasteiger partial charge is 0.322 e. The zero-order chi connectivity index (χ0) is 17.8. The zero-order valence-corrected chi connectivity index (χ0v) is 15.2. The highest BCUT2D eigenvalue weighted by molar-refractivity contribution is 7.99. The number of carbonyl (C=O) groups excluding carboxylic acids is 1. The lowest BCUT2D eigenvalue weighted by atomic mass is 10.1. The molecular formula is C19H19N3O2S. The van der Waals surface area contributed by atoms with Crippen LogP contribution in [0.3, 0.4) is 0 Å². The number of rotatable bonds is 5. The second-order valence-electron chi connectivity index (χ2n) is 5.63. The van der Waals surface area contributed by atoms with Crippen molar-refractivity contribution < 1.29 is 9.21 Å². The van der Waals surface area contributed by atoms with Crippen LogP contribution in [-0.4, -0.2) is 21.9 Å². The molecule has 25 heavy (non-hydrogen) atoms. The normalized spacial score (nSPS) is 10.7. The first-order valence-electron chi connectivity index (χ1n) is 8.02. The highest BCUT2D eigenvalue weighted by Crippen LogP contribution is 2.23. The van der Waals surface area contributed by atoms with E-state index < -0.39 is 0 Å². The number of hydrogen-bond acceptors (Lipinski definition) is 5. The van der Waals surface area contributed by atoms with Crippen molar-refractivity contribution in [2.24, 2.45) is 0 Å². The zero-order valence-electron chi connectivity index (χ0n) is 14.4. The Balaban J connectivity index is 1.75. The van der Waals surface area contributed by atoms with Crippen LogP contribution in [0, 0.1) is 13.8 Å². The maximum Gasteiger partial charge on any atom is 0.322 e. The summed E-state index contributed by atoms with van der Waals surface area (Å²) in [6, 6.07) is 13.5. The van der Waals surface area contributed by atoms with Crippen LogP contribution < -0.4 is 5.32 Å². The molecule has 3 rings (SSSR count). The van der Waals surface area contributed by atoms with Crippen LogP contribution >= 0.6 is 11.8 Å². The van der Waals surface area contributed by atoms with Gasteiger partial charge in [-0.15, -0.1) is 16.9 Å². The number of anilines is 1. The molecule has 0 atom stereocenters. The number of amides is 1. The van der Waals surface area contributed by atoms with Gasteiger partial charge in [0.05, 0.1) is 0 Å². The van der Waals surface area contributed by atoms with Gasteiger partial charge < -0.3 is 4.42 Å². The third-order valence-electron chi connectivity index (χ3n) is 3.81. The topological polar surface area (TPSA) is 68.0 Å². The van der Waals surface area contributed by atoms with Gasteiger partial charge in [0.2, 0.25) is 5.89 Å². The maximum absolute atomic E-state index is 12.4. The van der Waals surface area contributed by atoms with E-state index in [9.17, 15) is 4.79 Å². The third kappa shape index (κ3) is 4.09. The molecule has 1 heterocycles. The average Bonchev–Trinajstić information content (AvgIpc) is 3.06. The standard InChI is InChI=1S/C19H19N3O2S/c1-4-25-16-7-5-6-14(11-16)17(23)20-19-22-21-18(24-19)15-9-8-12(2)13(3)10-15/h5-11H,4H2,1-3H3,(H,20,22,23). The van der Waals surface area contributed by atoms with E-state index >= 15 is 0 Å². The fraction of sp³-hybridized carbons (Fsp3) is 0.211. The fourth-order valence-electron chi connectivity index (χ4n) is 2.33. The summed E-state index contributed by atoms with van der Waals surface area (Å²) in [6.45, 7) is 6.15. The van der Waals surface area contributed by atoms with Crippen LogP contribution in [0.5, 0.6) is 0 Å². The van der Waals surface area contributed by atoms with Gasteiger partial charge >= 0.3 is 6.01 Å². The van der Waals surface area contributed by atoms with Crippen molar-refractivity contribution in [1.82, 2.24) is 10.2 Å². The number of nitrogens with zero attached hydrogens (tertiary/aromatic N) is 2. The lowest BCUT2D eigenvalue weighted by Gasteiger charge is -2.03. The van der Waals surface area contributed by atoms with Gasteiger partial charge in [0.15, 0.2) is 0 Å². The van der Waals surface area contributed by atoms with Gasteiger partial charge in [-0.1, -0.05) is 24.2 Å². The van der Waals surface area contributed by atoms with Gasteiger partial charge in [0.1, 0.15) is 0 Å². The van der Waals surface area contributed by atoms with Gasteiger partial charge in [0, 0.05) is 16.0 Å². The molecule has 0 radical (unpaired) electrons. The lowest BCUT2D eigenvalue weighted by molar-refractivity contribution is 0.102. The molecule has 6 heteroatoms. The van der Waals surface area contributed by atoms with Gasteiger partial charge in [-0.3, -0.25) is 10.1 Å². The Morgan fingerprint density at radius 3 is 2.72 bits per heavy atom. The van der Waals surface area contributed by atoms with E-state index in [0.717, 1.165) is 21.8 Å². The first-order valence-corrected chi connectivity index (χ1v) is 9.00. The van der Waals surface area contributed by atoms with Crippen molar-refractivity contribution in [1.29, 1.82) is 0 Å². The van der Waals surface area contributed by atoms with Crippen LogP contribution in [0.15, 0.2) is 51.8 Å². The van der Waals surface area contributed by atoms with Gasteiger partial charge in [-0.05, 0) is 61.1 Å². The SMILES string of the molecule is CCSc1cccc(C(=O)Nc2nnc(-c3ccc(C)c(C)c3)o2)c1. The minimum Gasteiger partial charge on any atom is -0.403 e. The summed E-state index contributed by atoms with van der Waals surface area (Å²) in [6.07, 6.45) is 0. The Hall–Kier alpha value is -2.60. The summed E-state index contributed by atoms with van der Waals surface area (Å²) in [5, 5.41) is 10.6. The van der Waals surface area contributed by atoms with E-state index in [1.54, 1.807) is 17.8 Å². The minimum atomic E-state index is -0.270. The van der Waals surface area contributed by atoms with E-state index in [1.807, 2.05) is 50.2 Å². The van der Waals surface area contributed by atoms with Gasteiger partial charge in [-0.2, -0.15) is 0 Å². The molecule has 0 aliphatic heterocycles. The van der Waals surface area contributed by atoms with Gasteiger partial charge in [-0.25, -0.2) is 0 Å². The highest BCUT2D eigenvalue weighted by Gasteiger charge is 2.13. The van der Waals surface area contributed by atoms with Crippen molar-refractivity contribution in [2.45, 2.75) is 25.7 Å². The molecule has 0 bridgehead atoms. The summed E-state index contributed by atoms with van der Waals surface area (Å²) in [4.78, 5) is 13.4. The molecule has 0 saturated heterocycles. The minimum absolute atomic E-state index is 0.0896. The third-order valence-corrected chi connectivity index (χ3v) is 4.68. The van der Waals surface area contributed by atoms with E-state index in [0.29, 0.717) is 11.5 Å². The second kappa shape index (κ2) is 7.53. The molecule has 2 aromatic carbocycles. The molecule has 1 aromatic heterocycles. The molecule has 0 unspecified atom stereocenters. The van der Waals surface area contributed by atoms with Gasteiger partial charge in [0.25, 0.3) is 5.91 Å². The molecule has 128 valence electrons. The van der Waals surface area contributed by atoms with Crippen molar-refractivity contribution >= 4 is 23.7 Å². The monoisotopic (exact) mass is 353 g/mol. The Labute approximate surface area is 150 Å². The summed E-state index contributed by atoms with van der Waals surface area (Å²) in [7, 11) is 0. The molecule has 1 N–H and O–H groups in total. The number of thioether (sulfide) groups is 1. The van der Waals surface area contributed by atoms with E-state index in [-0.39, 0.29) is 11.9 Å². The summed E-state index contributed by atoms with van der Waals surface area (Å²) in [5.74, 6) is 1.07. The summed E-state index contributed by atoms with van der Waals surface area (Å²) >= 11 is 1.69. The number of aryl methyl sites for hydroxylation is 2. The molecule has 0 spiro atoms. The van der Waals surface area contributed by atoms with Crippen LogP contribution in [0.2, 0.25) is 0 Å². The number of carbonyl (C=O) groups is 1. The molecule has 0 aliphatic carbocycles. The number of benzene rings is 2. The van der Waals surface area contributed by atoms with E-state index in [4.69, 9.17) is 4.42 Å². The highest BCUT2D eigenvalue weighted by atomic mass is 32.2. The van der Waals surface area contributed by atoms with Crippen LogP contribution in [0.25, 0.3) is 11.5 Å². The van der Waals surface area contributed by atoms with Crippen LogP contribution in [-0.2, 0) is 0 Å². The molecule has 0 aliphatic rings. The molecule has 0 saturated carbocycles. The van der Waals surface area contributed by atoms with Crippen molar-refractivity contribution in [3.05, 3.63) is 59.2 Å². The van der Waals surface area contributed by atoms with Crippen LogP contribution in [0.4, 0.5) is 6.01 Å². The summed E-state index contributed by atoms with van der Waals surface area (Å²) in [5.41, 5.74) is 3.73. The Bertz CT molecular complexity index is 905. The molecule has 1 amide bonds. The quantitative estimate of drug-likeness (QED) is 0.672. The fourth-order valence-corrected chi connectivity index (χ4v) is 3.05. The van der Waals surface area contributed by atoms with E-state index in [2.05, 4.69) is 22.4 Å². The Morgan fingerprint density at radius 2 is 1.96 bits per heavy atom. The second-order valence-corrected chi connectivity index (χ2v) is 6.96. The first-order chi connectivity index (χ1) is 12.1. The summed E-state index contributed by atoms with van der Waals surface area (Å²) < 4.78 is 5.58. The van der Waals surface area contributed by atoms with Crippen LogP contribution in [0.1, 0.15) is 28.4 Å². The molecule has 0 fully saturated rings. The Morgan fingerprint density at radius 1 is 1.12 bits per heavy atom. The number of aromatic nitrogens is 2. The number of nitrogens with one attached hydrogen (secondary N) is 1. The lowest BCUT2D eigenvalue weighted by Crippen LogP contribution is -2.12. The predicted octanol–water partition coefficient (Wildman–Crippen LogP) is 4.72. The number of hydrogen-bond donors (Lipinski definition) is 1.